The Morgan fingerprint density at radius 1 is 1.17 bits per heavy atom. The summed E-state index contributed by atoms with van der Waals surface area (Å²) in [5.74, 6) is -1.05. The molecule has 0 radical (unpaired) electrons. The standard InChI is InChI=1S/C14H23NO3/c1-14(2)8-4-6-10(14)12(16)15-11-7-3-5-9(11)13(17)18/h9-11H,3-8H2,1-2H3,(H,15,16)(H,17,18). The van der Waals surface area contributed by atoms with E-state index in [-0.39, 0.29) is 23.3 Å². The zero-order chi connectivity index (χ0) is 13.3. The molecule has 0 bridgehead atoms. The highest BCUT2D eigenvalue weighted by atomic mass is 16.4. The summed E-state index contributed by atoms with van der Waals surface area (Å²) in [6.45, 7) is 4.27. The number of aliphatic carboxylic acids is 1. The van der Waals surface area contributed by atoms with Crippen molar-refractivity contribution in [3.05, 3.63) is 0 Å². The van der Waals surface area contributed by atoms with Crippen molar-refractivity contribution < 1.29 is 14.7 Å². The molecule has 3 atom stereocenters. The van der Waals surface area contributed by atoms with Crippen LogP contribution in [0.3, 0.4) is 0 Å². The second kappa shape index (κ2) is 4.90. The minimum atomic E-state index is -0.775. The van der Waals surface area contributed by atoms with Crippen molar-refractivity contribution in [2.75, 3.05) is 0 Å². The summed E-state index contributed by atoms with van der Waals surface area (Å²) in [7, 11) is 0. The van der Waals surface area contributed by atoms with Gasteiger partial charge in [0.25, 0.3) is 0 Å². The van der Waals surface area contributed by atoms with E-state index in [2.05, 4.69) is 19.2 Å². The maximum Gasteiger partial charge on any atom is 0.308 e. The highest BCUT2D eigenvalue weighted by Crippen LogP contribution is 2.42. The summed E-state index contributed by atoms with van der Waals surface area (Å²) in [5, 5.41) is 12.1. The van der Waals surface area contributed by atoms with Gasteiger partial charge < -0.3 is 10.4 Å². The van der Waals surface area contributed by atoms with Crippen molar-refractivity contribution in [1.29, 1.82) is 0 Å². The lowest BCUT2D eigenvalue weighted by atomic mass is 9.81. The van der Waals surface area contributed by atoms with Crippen LogP contribution in [0.15, 0.2) is 0 Å². The Labute approximate surface area is 108 Å². The van der Waals surface area contributed by atoms with E-state index in [0.717, 1.165) is 32.1 Å². The Hall–Kier alpha value is -1.06. The molecular formula is C14H23NO3. The summed E-state index contributed by atoms with van der Waals surface area (Å²) < 4.78 is 0. The van der Waals surface area contributed by atoms with Crippen LogP contribution in [0, 0.1) is 17.3 Å². The van der Waals surface area contributed by atoms with Gasteiger partial charge in [0.05, 0.1) is 5.92 Å². The van der Waals surface area contributed by atoms with Gasteiger partial charge in [0.1, 0.15) is 0 Å². The average Bonchev–Trinajstić information content (AvgIpc) is 2.83. The molecular weight excluding hydrogens is 230 g/mol. The van der Waals surface area contributed by atoms with Gasteiger partial charge in [-0.2, -0.15) is 0 Å². The number of amides is 1. The molecule has 18 heavy (non-hydrogen) atoms. The molecule has 0 aromatic carbocycles. The minimum absolute atomic E-state index is 0.0487. The molecule has 1 amide bonds. The number of hydrogen-bond acceptors (Lipinski definition) is 2. The molecule has 4 nitrogen and oxygen atoms in total. The highest BCUT2D eigenvalue weighted by Gasteiger charge is 2.41. The van der Waals surface area contributed by atoms with Crippen molar-refractivity contribution in [3.63, 3.8) is 0 Å². The topological polar surface area (TPSA) is 66.4 Å². The molecule has 0 heterocycles. The Morgan fingerprint density at radius 2 is 1.89 bits per heavy atom. The number of carbonyl (C=O) groups is 2. The second-order valence-electron chi connectivity index (χ2n) is 6.42. The first-order valence-corrected chi connectivity index (χ1v) is 6.95. The third kappa shape index (κ3) is 2.52. The van der Waals surface area contributed by atoms with Crippen molar-refractivity contribution in [2.45, 2.75) is 58.4 Å². The molecule has 2 N–H and O–H groups in total. The Balaban J connectivity index is 1.97. The number of hydrogen-bond donors (Lipinski definition) is 2. The van der Waals surface area contributed by atoms with Crippen LogP contribution in [0.25, 0.3) is 0 Å². The number of nitrogens with one attached hydrogen (secondary N) is 1. The van der Waals surface area contributed by atoms with Gasteiger partial charge in [-0.15, -0.1) is 0 Å². The number of carbonyl (C=O) groups excluding carboxylic acids is 1. The monoisotopic (exact) mass is 253 g/mol. The lowest BCUT2D eigenvalue weighted by molar-refractivity contribution is -0.142. The predicted molar refractivity (Wildman–Crippen MR) is 68.0 cm³/mol. The summed E-state index contributed by atoms with van der Waals surface area (Å²) in [4.78, 5) is 23.4. The van der Waals surface area contributed by atoms with Crippen molar-refractivity contribution in [3.8, 4) is 0 Å². The van der Waals surface area contributed by atoms with Gasteiger partial charge in [-0.3, -0.25) is 9.59 Å². The molecule has 4 heteroatoms. The fraction of sp³-hybridized carbons (Fsp3) is 0.857. The van der Waals surface area contributed by atoms with E-state index in [9.17, 15) is 9.59 Å². The van der Waals surface area contributed by atoms with Crippen LogP contribution >= 0.6 is 0 Å². The summed E-state index contributed by atoms with van der Waals surface area (Å²) in [5.41, 5.74) is 0.0570. The fourth-order valence-corrected chi connectivity index (χ4v) is 3.52. The van der Waals surface area contributed by atoms with E-state index in [1.54, 1.807) is 0 Å². The molecule has 0 spiro atoms. The van der Waals surface area contributed by atoms with Crippen LogP contribution in [0.4, 0.5) is 0 Å². The van der Waals surface area contributed by atoms with Gasteiger partial charge in [0.15, 0.2) is 0 Å². The van der Waals surface area contributed by atoms with Crippen LogP contribution in [-0.4, -0.2) is 23.0 Å². The van der Waals surface area contributed by atoms with E-state index in [0.29, 0.717) is 6.42 Å². The van der Waals surface area contributed by atoms with Crippen molar-refractivity contribution in [1.82, 2.24) is 5.32 Å². The number of rotatable bonds is 3. The zero-order valence-corrected chi connectivity index (χ0v) is 11.2. The van der Waals surface area contributed by atoms with E-state index >= 15 is 0 Å². The van der Waals surface area contributed by atoms with Crippen LogP contribution < -0.4 is 5.32 Å². The quantitative estimate of drug-likeness (QED) is 0.810. The van der Waals surface area contributed by atoms with Gasteiger partial charge in [-0.25, -0.2) is 0 Å². The molecule has 0 aromatic heterocycles. The molecule has 2 aliphatic rings. The van der Waals surface area contributed by atoms with E-state index in [4.69, 9.17) is 5.11 Å². The van der Waals surface area contributed by atoms with Crippen molar-refractivity contribution in [2.24, 2.45) is 17.3 Å². The molecule has 2 saturated carbocycles. The van der Waals surface area contributed by atoms with Crippen molar-refractivity contribution >= 4 is 11.9 Å². The smallest absolute Gasteiger partial charge is 0.308 e. The molecule has 0 aliphatic heterocycles. The lowest BCUT2D eigenvalue weighted by Crippen LogP contribution is -2.45. The fourth-order valence-electron chi connectivity index (χ4n) is 3.52. The third-order valence-corrected chi connectivity index (χ3v) is 4.73. The zero-order valence-electron chi connectivity index (χ0n) is 11.2. The Bertz CT molecular complexity index is 351. The normalized spacial score (nSPS) is 34.4. The van der Waals surface area contributed by atoms with Crippen LogP contribution in [0.5, 0.6) is 0 Å². The SMILES string of the molecule is CC1(C)CCCC1C(=O)NC1CCCC1C(=O)O. The maximum atomic E-state index is 12.3. The van der Waals surface area contributed by atoms with Crippen LogP contribution in [0.2, 0.25) is 0 Å². The van der Waals surface area contributed by atoms with Gasteiger partial charge >= 0.3 is 5.97 Å². The predicted octanol–water partition coefficient (Wildman–Crippen LogP) is 2.18. The first-order chi connectivity index (χ1) is 8.42. The first kappa shape index (κ1) is 13.4. The molecule has 0 aromatic rings. The number of carboxylic acids is 1. The second-order valence-corrected chi connectivity index (χ2v) is 6.42. The molecule has 0 saturated heterocycles. The molecule has 2 rings (SSSR count). The molecule has 2 fully saturated rings. The van der Waals surface area contributed by atoms with Gasteiger partial charge in [0, 0.05) is 12.0 Å². The van der Waals surface area contributed by atoms with Crippen LogP contribution in [-0.2, 0) is 9.59 Å². The summed E-state index contributed by atoms with van der Waals surface area (Å²) in [6.07, 6.45) is 5.50. The highest BCUT2D eigenvalue weighted by molar-refractivity contribution is 5.81. The molecule has 102 valence electrons. The maximum absolute atomic E-state index is 12.3. The average molecular weight is 253 g/mol. The number of carboxylic acid groups (broad SMARTS) is 1. The molecule has 2 aliphatic carbocycles. The summed E-state index contributed by atoms with van der Waals surface area (Å²) >= 11 is 0. The lowest BCUT2D eigenvalue weighted by Gasteiger charge is -2.28. The van der Waals surface area contributed by atoms with Gasteiger partial charge in [-0.05, 0) is 31.1 Å². The van der Waals surface area contributed by atoms with E-state index in [1.165, 1.54) is 0 Å². The van der Waals surface area contributed by atoms with Gasteiger partial charge in [0.2, 0.25) is 5.91 Å². The van der Waals surface area contributed by atoms with E-state index in [1.807, 2.05) is 0 Å². The Kier molecular flexibility index (Phi) is 3.64. The minimum Gasteiger partial charge on any atom is -0.481 e. The first-order valence-electron chi connectivity index (χ1n) is 6.95. The molecule has 3 unspecified atom stereocenters. The third-order valence-electron chi connectivity index (χ3n) is 4.73. The van der Waals surface area contributed by atoms with E-state index < -0.39 is 11.9 Å². The Morgan fingerprint density at radius 3 is 2.44 bits per heavy atom. The summed E-state index contributed by atoms with van der Waals surface area (Å²) in [6, 6.07) is -0.161. The van der Waals surface area contributed by atoms with Crippen LogP contribution in [0.1, 0.15) is 52.4 Å². The van der Waals surface area contributed by atoms with Gasteiger partial charge in [-0.1, -0.05) is 26.7 Å². The largest absolute Gasteiger partial charge is 0.481 e.